The molecule has 1 rings (SSSR count). The number of carboxylic acids is 2. The summed E-state index contributed by atoms with van der Waals surface area (Å²) in [5, 5.41) is 17.8. The monoisotopic (exact) mass is 223 g/mol. The maximum Gasteiger partial charge on any atom is 0.315 e. The molecule has 86 valence electrons. The quantitative estimate of drug-likeness (QED) is 0.785. The van der Waals surface area contributed by atoms with Gasteiger partial charge in [-0.2, -0.15) is 0 Å². The van der Waals surface area contributed by atoms with Gasteiger partial charge in [0.2, 0.25) is 0 Å². The van der Waals surface area contributed by atoms with Crippen LogP contribution in [-0.2, 0) is 15.0 Å². The van der Waals surface area contributed by atoms with Gasteiger partial charge in [0.25, 0.3) is 0 Å². The van der Waals surface area contributed by atoms with Crippen LogP contribution < -0.4 is 0 Å². The first-order valence-electron chi connectivity index (χ1n) is 4.83. The summed E-state index contributed by atoms with van der Waals surface area (Å²) in [6.45, 7) is 1.49. The summed E-state index contributed by atoms with van der Waals surface area (Å²) in [6.07, 6.45) is 1.32. The fourth-order valence-electron chi connectivity index (χ4n) is 1.39. The van der Waals surface area contributed by atoms with E-state index in [1.807, 2.05) is 0 Å². The van der Waals surface area contributed by atoms with Crippen molar-refractivity contribution < 1.29 is 19.8 Å². The molecule has 2 N–H and O–H groups in total. The van der Waals surface area contributed by atoms with Gasteiger partial charge in [-0.15, -0.1) is 0 Å². The molecule has 0 saturated carbocycles. The Labute approximate surface area is 92.8 Å². The molecule has 0 aliphatic carbocycles. The van der Waals surface area contributed by atoms with Crippen LogP contribution in [0.1, 0.15) is 25.5 Å². The summed E-state index contributed by atoms with van der Waals surface area (Å²) in [5.74, 6) is -2.07. The second kappa shape index (κ2) is 4.74. The summed E-state index contributed by atoms with van der Waals surface area (Å²) in [5.41, 5.74) is -0.872. The highest BCUT2D eigenvalue weighted by molar-refractivity contribution is 5.81. The highest BCUT2D eigenvalue weighted by Crippen LogP contribution is 2.27. The minimum Gasteiger partial charge on any atom is -0.481 e. The normalized spacial score (nSPS) is 14.1. The van der Waals surface area contributed by atoms with Crippen molar-refractivity contribution in [2.24, 2.45) is 0 Å². The van der Waals surface area contributed by atoms with Gasteiger partial charge in [0.1, 0.15) is 5.41 Å². The van der Waals surface area contributed by atoms with Crippen molar-refractivity contribution in [2.45, 2.75) is 25.2 Å². The van der Waals surface area contributed by atoms with Gasteiger partial charge < -0.3 is 10.2 Å². The topological polar surface area (TPSA) is 87.5 Å². The number of aromatic nitrogens is 1. The van der Waals surface area contributed by atoms with Crippen LogP contribution in [-0.4, -0.2) is 27.1 Å². The molecule has 0 aromatic carbocycles. The highest BCUT2D eigenvalue weighted by atomic mass is 16.4. The summed E-state index contributed by atoms with van der Waals surface area (Å²) in [7, 11) is 0. The van der Waals surface area contributed by atoms with Crippen LogP contribution in [0, 0.1) is 0 Å². The van der Waals surface area contributed by atoms with E-state index in [1.165, 1.54) is 13.1 Å². The lowest BCUT2D eigenvalue weighted by atomic mass is 9.82. The molecule has 1 aromatic heterocycles. The third-order valence-corrected chi connectivity index (χ3v) is 2.54. The van der Waals surface area contributed by atoms with E-state index in [0.29, 0.717) is 5.69 Å². The second-order valence-corrected chi connectivity index (χ2v) is 3.75. The molecule has 0 fully saturated rings. The van der Waals surface area contributed by atoms with Gasteiger partial charge in [-0.25, -0.2) is 0 Å². The predicted octanol–water partition coefficient (Wildman–Crippen LogP) is 1.29. The van der Waals surface area contributed by atoms with Gasteiger partial charge in [0, 0.05) is 12.6 Å². The Morgan fingerprint density at radius 2 is 2.06 bits per heavy atom. The van der Waals surface area contributed by atoms with Crippen LogP contribution >= 0.6 is 0 Å². The molecule has 0 spiro atoms. The molecule has 0 amide bonds. The van der Waals surface area contributed by atoms with E-state index in [-0.39, 0.29) is 12.8 Å². The average Bonchev–Trinajstić information content (AvgIpc) is 2.26. The Morgan fingerprint density at radius 3 is 2.50 bits per heavy atom. The number of nitrogens with zero attached hydrogens (tertiary/aromatic N) is 1. The molecule has 1 aromatic rings. The molecule has 5 nitrogen and oxygen atoms in total. The van der Waals surface area contributed by atoms with Crippen molar-refractivity contribution in [1.82, 2.24) is 4.98 Å². The molecular weight excluding hydrogens is 210 g/mol. The molecule has 1 heterocycles. The fraction of sp³-hybridized carbons (Fsp3) is 0.364. The first-order chi connectivity index (χ1) is 7.47. The zero-order chi connectivity index (χ0) is 12.2. The standard InChI is InChI=1S/C11H13NO4/c1-11(10(15)16,6-5-9(13)14)8-4-2-3-7-12-8/h2-4,7H,5-6H2,1H3,(H,13,14)(H,15,16). The Hall–Kier alpha value is -1.91. The molecule has 0 saturated heterocycles. The number of hydrogen-bond donors (Lipinski definition) is 2. The number of carboxylic acid groups (broad SMARTS) is 2. The summed E-state index contributed by atoms with van der Waals surface area (Å²) in [6, 6.07) is 4.96. The number of carbonyl (C=O) groups is 2. The van der Waals surface area contributed by atoms with Crippen molar-refractivity contribution in [1.29, 1.82) is 0 Å². The molecule has 5 heteroatoms. The van der Waals surface area contributed by atoms with E-state index in [2.05, 4.69) is 4.98 Å². The molecule has 1 atom stereocenters. The minimum absolute atomic E-state index is 0.0225. The maximum atomic E-state index is 11.2. The molecule has 0 aliphatic heterocycles. The lowest BCUT2D eigenvalue weighted by molar-refractivity contribution is -0.144. The summed E-state index contributed by atoms with van der Waals surface area (Å²) < 4.78 is 0. The van der Waals surface area contributed by atoms with Crippen LogP contribution in [0.4, 0.5) is 0 Å². The van der Waals surface area contributed by atoms with Gasteiger partial charge >= 0.3 is 11.9 Å². The Balaban J connectivity index is 2.98. The van der Waals surface area contributed by atoms with E-state index < -0.39 is 17.4 Å². The number of rotatable bonds is 5. The van der Waals surface area contributed by atoms with E-state index in [0.717, 1.165) is 0 Å². The minimum atomic E-state index is -1.25. The van der Waals surface area contributed by atoms with Crippen LogP contribution in [0.2, 0.25) is 0 Å². The smallest absolute Gasteiger partial charge is 0.315 e. The van der Waals surface area contributed by atoms with Gasteiger partial charge in [0.05, 0.1) is 5.69 Å². The number of aliphatic carboxylic acids is 2. The zero-order valence-electron chi connectivity index (χ0n) is 8.88. The number of hydrogen-bond acceptors (Lipinski definition) is 3. The van der Waals surface area contributed by atoms with Gasteiger partial charge in [-0.05, 0) is 25.5 Å². The molecular formula is C11H13NO4. The fourth-order valence-corrected chi connectivity index (χ4v) is 1.39. The first kappa shape index (κ1) is 12.2. The second-order valence-electron chi connectivity index (χ2n) is 3.75. The third kappa shape index (κ3) is 2.56. The predicted molar refractivity (Wildman–Crippen MR) is 56.1 cm³/mol. The van der Waals surface area contributed by atoms with Gasteiger partial charge in [-0.1, -0.05) is 6.07 Å². The van der Waals surface area contributed by atoms with Crippen molar-refractivity contribution >= 4 is 11.9 Å². The molecule has 0 aliphatic rings. The van der Waals surface area contributed by atoms with Gasteiger partial charge in [-0.3, -0.25) is 14.6 Å². The van der Waals surface area contributed by atoms with E-state index in [1.54, 1.807) is 18.2 Å². The van der Waals surface area contributed by atoms with Crippen molar-refractivity contribution in [3.8, 4) is 0 Å². The van der Waals surface area contributed by atoms with Gasteiger partial charge in [0.15, 0.2) is 0 Å². The zero-order valence-corrected chi connectivity index (χ0v) is 8.88. The third-order valence-electron chi connectivity index (χ3n) is 2.54. The molecule has 0 radical (unpaired) electrons. The Bertz CT molecular complexity index is 390. The molecule has 1 unspecified atom stereocenters. The SMILES string of the molecule is CC(CCC(=O)O)(C(=O)O)c1ccccn1. The van der Waals surface area contributed by atoms with Crippen LogP contribution in [0.25, 0.3) is 0 Å². The molecule has 0 bridgehead atoms. The van der Waals surface area contributed by atoms with E-state index >= 15 is 0 Å². The lowest BCUT2D eigenvalue weighted by Gasteiger charge is -2.23. The van der Waals surface area contributed by atoms with Crippen LogP contribution in [0.5, 0.6) is 0 Å². The summed E-state index contributed by atoms with van der Waals surface area (Å²) in [4.78, 5) is 25.7. The molecule has 16 heavy (non-hydrogen) atoms. The van der Waals surface area contributed by atoms with E-state index in [4.69, 9.17) is 10.2 Å². The Morgan fingerprint density at radius 1 is 1.38 bits per heavy atom. The first-order valence-corrected chi connectivity index (χ1v) is 4.83. The highest BCUT2D eigenvalue weighted by Gasteiger charge is 2.36. The van der Waals surface area contributed by atoms with Crippen molar-refractivity contribution in [2.75, 3.05) is 0 Å². The van der Waals surface area contributed by atoms with E-state index in [9.17, 15) is 9.59 Å². The largest absolute Gasteiger partial charge is 0.481 e. The maximum absolute atomic E-state index is 11.2. The summed E-state index contributed by atoms with van der Waals surface area (Å²) >= 11 is 0. The van der Waals surface area contributed by atoms with Crippen molar-refractivity contribution in [3.63, 3.8) is 0 Å². The van der Waals surface area contributed by atoms with Crippen molar-refractivity contribution in [3.05, 3.63) is 30.1 Å². The van der Waals surface area contributed by atoms with Crippen LogP contribution in [0.3, 0.4) is 0 Å². The number of pyridine rings is 1. The lowest BCUT2D eigenvalue weighted by Crippen LogP contribution is -2.34. The average molecular weight is 223 g/mol. The Kier molecular flexibility index (Phi) is 3.60. The van der Waals surface area contributed by atoms with Crippen LogP contribution in [0.15, 0.2) is 24.4 Å².